The molecule has 1 unspecified atom stereocenters. The lowest BCUT2D eigenvalue weighted by Gasteiger charge is -2.05. The number of allylic oxidation sites excluding steroid dienone is 1. The maximum atomic E-state index is 10.2. The zero-order valence-electron chi connectivity index (χ0n) is 8.64. The van der Waals surface area contributed by atoms with Crippen molar-refractivity contribution in [2.24, 2.45) is 0 Å². The van der Waals surface area contributed by atoms with Crippen LogP contribution >= 0.6 is 0 Å². The van der Waals surface area contributed by atoms with Gasteiger partial charge in [-0.3, -0.25) is 9.59 Å². The predicted octanol–water partition coefficient (Wildman–Crippen LogP) is 1.02. The third-order valence-corrected chi connectivity index (χ3v) is 1.86. The summed E-state index contributed by atoms with van der Waals surface area (Å²) < 4.78 is 0. The number of aliphatic carboxylic acids is 2. The summed E-state index contributed by atoms with van der Waals surface area (Å²) in [6.07, 6.45) is 1.15. The molecular weight excluding hydrogens is 200 g/mol. The molecule has 15 heavy (non-hydrogen) atoms. The SMILES string of the molecule is C/C(=C\C(O)CCC(=O)O)CCC(=O)O. The molecule has 0 fully saturated rings. The Labute approximate surface area is 88.0 Å². The highest BCUT2D eigenvalue weighted by Gasteiger charge is 2.05. The van der Waals surface area contributed by atoms with Crippen LogP contribution in [0.1, 0.15) is 32.6 Å². The molecule has 0 aliphatic carbocycles. The van der Waals surface area contributed by atoms with E-state index in [0.717, 1.165) is 5.57 Å². The molecule has 5 heteroatoms. The molecule has 1 atom stereocenters. The smallest absolute Gasteiger partial charge is 0.303 e. The molecule has 0 saturated heterocycles. The van der Waals surface area contributed by atoms with E-state index in [1.54, 1.807) is 6.92 Å². The van der Waals surface area contributed by atoms with E-state index in [4.69, 9.17) is 10.2 Å². The first-order valence-corrected chi connectivity index (χ1v) is 4.70. The number of aliphatic hydroxyl groups is 1. The molecule has 0 aromatic carbocycles. The summed E-state index contributed by atoms with van der Waals surface area (Å²) in [6.45, 7) is 1.72. The number of carboxylic acid groups (broad SMARTS) is 2. The number of carbonyl (C=O) groups is 2. The summed E-state index contributed by atoms with van der Waals surface area (Å²) in [4.78, 5) is 20.4. The first-order valence-electron chi connectivity index (χ1n) is 4.70. The van der Waals surface area contributed by atoms with Crippen LogP contribution in [-0.2, 0) is 9.59 Å². The van der Waals surface area contributed by atoms with E-state index >= 15 is 0 Å². The van der Waals surface area contributed by atoms with Gasteiger partial charge in [-0.05, 0) is 19.8 Å². The minimum Gasteiger partial charge on any atom is -0.481 e. The lowest BCUT2D eigenvalue weighted by Crippen LogP contribution is -2.07. The Hall–Kier alpha value is -1.36. The van der Waals surface area contributed by atoms with E-state index in [1.807, 2.05) is 0 Å². The fourth-order valence-corrected chi connectivity index (χ4v) is 1.07. The summed E-state index contributed by atoms with van der Waals surface area (Å²) in [6, 6.07) is 0. The van der Waals surface area contributed by atoms with Gasteiger partial charge in [-0.2, -0.15) is 0 Å². The average Bonchev–Trinajstić information content (AvgIpc) is 2.11. The molecule has 5 nitrogen and oxygen atoms in total. The lowest BCUT2D eigenvalue weighted by molar-refractivity contribution is -0.138. The van der Waals surface area contributed by atoms with Crippen LogP contribution < -0.4 is 0 Å². The molecule has 0 bridgehead atoms. The van der Waals surface area contributed by atoms with Gasteiger partial charge in [0.1, 0.15) is 0 Å². The van der Waals surface area contributed by atoms with E-state index in [2.05, 4.69) is 0 Å². The molecule has 0 heterocycles. The highest BCUT2D eigenvalue weighted by Crippen LogP contribution is 2.08. The van der Waals surface area contributed by atoms with Gasteiger partial charge < -0.3 is 15.3 Å². The molecule has 0 aromatic heterocycles. The summed E-state index contributed by atoms with van der Waals surface area (Å²) in [5, 5.41) is 26.1. The molecule has 0 rings (SSSR count). The first-order chi connectivity index (χ1) is 6.91. The van der Waals surface area contributed by atoms with Crippen molar-refractivity contribution in [3.63, 3.8) is 0 Å². The lowest BCUT2D eigenvalue weighted by atomic mass is 10.1. The summed E-state index contributed by atoms with van der Waals surface area (Å²) in [5.74, 6) is -1.84. The zero-order valence-corrected chi connectivity index (χ0v) is 8.64. The summed E-state index contributed by atoms with van der Waals surface area (Å²) >= 11 is 0. The molecule has 86 valence electrons. The summed E-state index contributed by atoms with van der Waals surface area (Å²) in [5.41, 5.74) is 0.760. The largest absolute Gasteiger partial charge is 0.481 e. The second kappa shape index (κ2) is 7.00. The Morgan fingerprint density at radius 3 is 2.13 bits per heavy atom. The van der Waals surface area contributed by atoms with Gasteiger partial charge in [0.15, 0.2) is 0 Å². The fourth-order valence-electron chi connectivity index (χ4n) is 1.07. The van der Waals surface area contributed by atoms with Gasteiger partial charge in [-0.15, -0.1) is 0 Å². The monoisotopic (exact) mass is 216 g/mol. The number of hydrogen-bond acceptors (Lipinski definition) is 3. The Morgan fingerprint density at radius 2 is 1.67 bits per heavy atom. The Bertz CT molecular complexity index is 257. The zero-order chi connectivity index (χ0) is 11.8. The van der Waals surface area contributed by atoms with Crippen molar-refractivity contribution >= 4 is 11.9 Å². The second-order valence-corrected chi connectivity index (χ2v) is 3.41. The van der Waals surface area contributed by atoms with Crippen LogP contribution in [0, 0.1) is 0 Å². The highest BCUT2D eigenvalue weighted by molar-refractivity contribution is 5.67. The molecule has 0 aliphatic heterocycles. The molecule has 0 amide bonds. The summed E-state index contributed by atoms with van der Waals surface area (Å²) in [7, 11) is 0. The maximum absolute atomic E-state index is 10.2. The predicted molar refractivity (Wildman–Crippen MR) is 53.5 cm³/mol. The van der Waals surface area contributed by atoms with Crippen molar-refractivity contribution in [1.29, 1.82) is 0 Å². The maximum Gasteiger partial charge on any atom is 0.303 e. The third-order valence-electron chi connectivity index (χ3n) is 1.86. The standard InChI is InChI=1S/C10H16O5/c1-7(2-4-9(12)13)6-8(11)3-5-10(14)15/h6,8,11H,2-5H2,1H3,(H,12,13)(H,14,15)/b7-6+. The number of aliphatic hydroxyl groups excluding tert-OH is 1. The van der Waals surface area contributed by atoms with Crippen molar-refractivity contribution in [3.8, 4) is 0 Å². The fraction of sp³-hybridized carbons (Fsp3) is 0.600. The minimum atomic E-state index is -0.953. The second-order valence-electron chi connectivity index (χ2n) is 3.41. The molecule has 0 aromatic rings. The van der Waals surface area contributed by atoms with Gasteiger partial charge in [0.2, 0.25) is 0 Å². The van der Waals surface area contributed by atoms with Crippen molar-refractivity contribution in [1.82, 2.24) is 0 Å². The molecule has 0 spiro atoms. The quantitative estimate of drug-likeness (QED) is 0.552. The molecule has 0 saturated carbocycles. The van der Waals surface area contributed by atoms with Crippen molar-refractivity contribution in [2.45, 2.75) is 38.7 Å². The topological polar surface area (TPSA) is 94.8 Å². The number of rotatable bonds is 7. The van der Waals surface area contributed by atoms with Gasteiger partial charge in [-0.25, -0.2) is 0 Å². The van der Waals surface area contributed by atoms with Gasteiger partial charge in [0.05, 0.1) is 6.10 Å². The number of carboxylic acids is 2. The molecular formula is C10H16O5. The van der Waals surface area contributed by atoms with Gasteiger partial charge in [0, 0.05) is 12.8 Å². The van der Waals surface area contributed by atoms with Crippen molar-refractivity contribution in [3.05, 3.63) is 11.6 Å². The normalized spacial score (nSPS) is 13.6. The van der Waals surface area contributed by atoms with Crippen LogP contribution in [-0.4, -0.2) is 33.4 Å². The van der Waals surface area contributed by atoms with Gasteiger partial charge >= 0.3 is 11.9 Å². The van der Waals surface area contributed by atoms with Gasteiger partial charge in [-0.1, -0.05) is 11.6 Å². The Balaban J connectivity index is 3.88. The van der Waals surface area contributed by atoms with Crippen LogP contribution in [0.2, 0.25) is 0 Å². The number of hydrogen-bond donors (Lipinski definition) is 3. The van der Waals surface area contributed by atoms with Crippen LogP contribution in [0.25, 0.3) is 0 Å². The van der Waals surface area contributed by atoms with Gasteiger partial charge in [0.25, 0.3) is 0 Å². The van der Waals surface area contributed by atoms with E-state index < -0.39 is 18.0 Å². The highest BCUT2D eigenvalue weighted by atomic mass is 16.4. The molecule has 3 N–H and O–H groups in total. The van der Waals surface area contributed by atoms with Crippen LogP contribution in [0.4, 0.5) is 0 Å². The van der Waals surface area contributed by atoms with E-state index in [0.29, 0.717) is 6.42 Å². The van der Waals surface area contributed by atoms with Crippen LogP contribution in [0.3, 0.4) is 0 Å². The van der Waals surface area contributed by atoms with Crippen molar-refractivity contribution < 1.29 is 24.9 Å². The van der Waals surface area contributed by atoms with Crippen LogP contribution in [0.15, 0.2) is 11.6 Å². The Kier molecular flexibility index (Phi) is 6.37. The van der Waals surface area contributed by atoms with E-state index in [1.165, 1.54) is 6.08 Å². The van der Waals surface area contributed by atoms with Crippen molar-refractivity contribution in [2.75, 3.05) is 0 Å². The van der Waals surface area contributed by atoms with Crippen LogP contribution in [0.5, 0.6) is 0 Å². The average molecular weight is 216 g/mol. The first kappa shape index (κ1) is 13.6. The minimum absolute atomic E-state index is 0.0218. The Morgan fingerprint density at radius 1 is 1.13 bits per heavy atom. The van der Waals surface area contributed by atoms with E-state index in [-0.39, 0.29) is 19.3 Å². The van der Waals surface area contributed by atoms with E-state index in [9.17, 15) is 14.7 Å². The third kappa shape index (κ3) is 8.96. The molecule has 0 radical (unpaired) electrons. The molecule has 0 aliphatic rings.